The normalized spacial score (nSPS) is 12.9. The van der Waals surface area contributed by atoms with Crippen molar-refractivity contribution in [2.45, 2.75) is 26.2 Å². The van der Waals surface area contributed by atoms with Crippen LogP contribution in [0.3, 0.4) is 0 Å². The Bertz CT molecular complexity index is 286. The number of benzene rings is 1. The van der Waals surface area contributed by atoms with E-state index in [1.807, 2.05) is 0 Å². The fourth-order valence-corrected chi connectivity index (χ4v) is 7.14. The van der Waals surface area contributed by atoms with E-state index < -0.39 is 37.6 Å². The van der Waals surface area contributed by atoms with E-state index in [0.717, 1.165) is 0 Å². The van der Waals surface area contributed by atoms with Crippen LogP contribution in [0, 0.1) is 0 Å². The molecule has 0 heterocycles. The van der Waals surface area contributed by atoms with Crippen LogP contribution < -0.4 is 10.4 Å². The molecule has 0 aliphatic carbocycles. The molecule has 0 spiro atoms. The van der Waals surface area contributed by atoms with Gasteiger partial charge in [-0.2, -0.15) is 0 Å². The fourth-order valence-electron chi connectivity index (χ4n) is 1.35. The van der Waals surface area contributed by atoms with Gasteiger partial charge in [0.25, 0.3) is 0 Å². The van der Waals surface area contributed by atoms with Crippen LogP contribution in [0.5, 0.6) is 0 Å². The van der Waals surface area contributed by atoms with E-state index in [1.54, 1.807) is 0 Å². The summed E-state index contributed by atoms with van der Waals surface area (Å²) < 4.78 is 11.9. The molecule has 0 aromatic heterocycles. The van der Waals surface area contributed by atoms with Crippen LogP contribution in [-0.2, 0) is 8.23 Å². The van der Waals surface area contributed by atoms with Crippen LogP contribution in [0.2, 0.25) is 26.2 Å². The molecular weight excluding hydrogens is 264 g/mol. The average Bonchev–Trinajstić information content (AvgIpc) is 2.24. The van der Waals surface area contributed by atoms with Crippen LogP contribution in [-0.4, -0.2) is 37.6 Å². The monoisotopic (exact) mass is 286 g/mol. The first-order valence-electron chi connectivity index (χ1n) is 5.89. The summed E-state index contributed by atoms with van der Waals surface area (Å²) in [5, 5.41) is 2.95. The van der Waals surface area contributed by atoms with E-state index in [4.69, 9.17) is 8.23 Å². The molecule has 0 saturated carbocycles. The first-order chi connectivity index (χ1) is 7.59. The highest BCUT2D eigenvalue weighted by molar-refractivity contribution is 6.69. The second-order valence-electron chi connectivity index (χ2n) is 4.49. The van der Waals surface area contributed by atoms with Gasteiger partial charge in [-0.1, -0.05) is 24.3 Å². The van der Waals surface area contributed by atoms with Gasteiger partial charge in [-0.05, 0) is 36.6 Å². The highest BCUT2D eigenvalue weighted by Gasteiger charge is 2.06. The third-order valence-corrected chi connectivity index (χ3v) is 11.4. The maximum atomic E-state index is 5.93. The standard InChI is InChI=1S/C10H22O2Si4/c1-15(2)11-13-9-7-5-6-8-10(9)14-12-16(3)4/h5-8,15-16H,13-14H2,1-4H3. The van der Waals surface area contributed by atoms with E-state index in [-0.39, 0.29) is 0 Å². The van der Waals surface area contributed by atoms with Crippen molar-refractivity contribution in [3.63, 3.8) is 0 Å². The van der Waals surface area contributed by atoms with Crippen LogP contribution in [0.25, 0.3) is 0 Å². The van der Waals surface area contributed by atoms with Gasteiger partial charge in [0.2, 0.25) is 0 Å². The lowest BCUT2D eigenvalue weighted by Gasteiger charge is -2.12. The van der Waals surface area contributed by atoms with Crippen LogP contribution in [0.15, 0.2) is 24.3 Å². The molecule has 0 radical (unpaired) electrons. The molecule has 0 aliphatic rings. The van der Waals surface area contributed by atoms with E-state index >= 15 is 0 Å². The van der Waals surface area contributed by atoms with Crippen molar-refractivity contribution in [1.82, 2.24) is 0 Å². The van der Waals surface area contributed by atoms with Gasteiger partial charge in [-0.15, -0.1) is 0 Å². The summed E-state index contributed by atoms with van der Waals surface area (Å²) in [5.74, 6) is 0. The molecule has 0 unspecified atom stereocenters. The zero-order chi connectivity index (χ0) is 12.0. The van der Waals surface area contributed by atoms with Crippen molar-refractivity contribution in [1.29, 1.82) is 0 Å². The molecule has 1 aromatic rings. The van der Waals surface area contributed by atoms with Crippen molar-refractivity contribution in [3.05, 3.63) is 24.3 Å². The Morgan fingerprint density at radius 3 is 1.50 bits per heavy atom. The Labute approximate surface area is 107 Å². The zero-order valence-electron chi connectivity index (χ0n) is 10.7. The van der Waals surface area contributed by atoms with Crippen LogP contribution >= 0.6 is 0 Å². The van der Waals surface area contributed by atoms with Gasteiger partial charge in [0.05, 0.1) is 0 Å². The van der Waals surface area contributed by atoms with Gasteiger partial charge in [0.15, 0.2) is 37.6 Å². The number of hydrogen-bond acceptors (Lipinski definition) is 2. The molecule has 1 rings (SSSR count). The lowest BCUT2D eigenvalue weighted by molar-refractivity contribution is 0.631. The van der Waals surface area contributed by atoms with E-state index in [9.17, 15) is 0 Å². The molecule has 90 valence electrons. The predicted molar refractivity (Wildman–Crippen MR) is 82.7 cm³/mol. The first-order valence-corrected chi connectivity index (χ1v) is 14.0. The minimum Gasteiger partial charge on any atom is -0.459 e. The van der Waals surface area contributed by atoms with Crippen LogP contribution in [0.4, 0.5) is 0 Å². The molecule has 1 aromatic carbocycles. The van der Waals surface area contributed by atoms with Crippen molar-refractivity contribution >= 4 is 48.0 Å². The fraction of sp³-hybridized carbons (Fsp3) is 0.400. The topological polar surface area (TPSA) is 18.5 Å². The highest BCUT2D eigenvalue weighted by Crippen LogP contribution is 1.86. The van der Waals surface area contributed by atoms with Gasteiger partial charge in [-0.3, -0.25) is 0 Å². The summed E-state index contributed by atoms with van der Waals surface area (Å²) in [5.41, 5.74) is 0. The molecule has 16 heavy (non-hydrogen) atoms. The van der Waals surface area contributed by atoms with Gasteiger partial charge in [0, 0.05) is 0 Å². The molecule has 0 fully saturated rings. The quantitative estimate of drug-likeness (QED) is 0.632. The zero-order valence-corrected chi connectivity index (χ0v) is 15.8. The highest BCUT2D eigenvalue weighted by atomic mass is 28.4. The minimum absolute atomic E-state index is 0.501. The van der Waals surface area contributed by atoms with Crippen molar-refractivity contribution in [2.75, 3.05) is 0 Å². The van der Waals surface area contributed by atoms with Gasteiger partial charge in [-0.25, -0.2) is 0 Å². The van der Waals surface area contributed by atoms with Crippen molar-refractivity contribution in [2.24, 2.45) is 0 Å². The Morgan fingerprint density at radius 1 is 0.812 bits per heavy atom. The third-order valence-electron chi connectivity index (χ3n) is 2.26. The molecule has 0 N–H and O–H groups in total. The lowest BCUT2D eigenvalue weighted by Crippen LogP contribution is -2.40. The third kappa shape index (κ3) is 5.37. The maximum absolute atomic E-state index is 5.93. The van der Waals surface area contributed by atoms with E-state index in [2.05, 4.69) is 50.5 Å². The molecule has 2 nitrogen and oxygen atoms in total. The molecule has 0 atom stereocenters. The Balaban J connectivity index is 2.60. The number of rotatable bonds is 6. The average molecular weight is 287 g/mol. The lowest BCUT2D eigenvalue weighted by atomic mass is 10.4. The van der Waals surface area contributed by atoms with Crippen LogP contribution in [0.1, 0.15) is 0 Å². The molecule has 0 aliphatic heterocycles. The Hall–Kier alpha value is 0.00753. The maximum Gasteiger partial charge on any atom is 0.178 e. The molecule has 0 bridgehead atoms. The summed E-state index contributed by atoms with van der Waals surface area (Å²) in [6.45, 7) is 8.96. The summed E-state index contributed by atoms with van der Waals surface area (Å²) in [6, 6.07) is 8.71. The van der Waals surface area contributed by atoms with E-state index in [0.29, 0.717) is 0 Å². The van der Waals surface area contributed by atoms with Gasteiger partial charge >= 0.3 is 0 Å². The predicted octanol–water partition coefficient (Wildman–Crippen LogP) is -0.895. The summed E-state index contributed by atoms with van der Waals surface area (Å²) >= 11 is 0. The smallest absolute Gasteiger partial charge is 0.178 e. The largest absolute Gasteiger partial charge is 0.459 e. The SMILES string of the molecule is C[SiH](C)O[SiH2]c1ccccc1[SiH2]O[SiH](C)C. The van der Waals surface area contributed by atoms with Gasteiger partial charge in [0.1, 0.15) is 0 Å². The van der Waals surface area contributed by atoms with Crippen molar-refractivity contribution < 1.29 is 8.23 Å². The summed E-state index contributed by atoms with van der Waals surface area (Å²) in [6.07, 6.45) is 0. The second-order valence-corrected chi connectivity index (χ2v) is 13.5. The Morgan fingerprint density at radius 2 is 1.19 bits per heavy atom. The number of hydrogen-bond donors (Lipinski definition) is 0. The molecular formula is C10H22O2Si4. The minimum atomic E-state index is -0.856. The first kappa shape index (κ1) is 14.1. The molecule has 6 heteroatoms. The molecule has 0 amide bonds. The van der Waals surface area contributed by atoms with Crippen molar-refractivity contribution in [3.8, 4) is 0 Å². The van der Waals surface area contributed by atoms with Gasteiger partial charge < -0.3 is 8.23 Å². The summed E-state index contributed by atoms with van der Waals surface area (Å²) in [7, 11) is -2.71. The van der Waals surface area contributed by atoms with E-state index in [1.165, 1.54) is 10.4 Å². The molecule has 0 saturated heterocycles. The Kier molecular flexibility index (Phi) is 6.47. The second kappa shape index (κ2) is 7.36. The summed E-state index contributed by atoms with van der Waals surface area (Å²) in [4.78, 5) is 0.